The van der Waals surface area contributed by atoms with Crippen molar-refractivity contribution in [3.05, 3.63) is 70.8 Å². The van der Waals surface area contributed by atoms with Crippen LogP contribution in [0.3, 0.4) is 0 Å². The molecule has 0 radical (unpaired) electrons. The summed E-state index contributed by atoms with van der Waals surface area (Å²) in [6, 6.07) is 15.5. The number of fused-ring (bicyclic) bond motifs is 1. The van der Waals surface area contributed by atoms with Gasteiger partial charge in [-0.1, -0.05) is 69.3 Å². The highest BCUT2D eigenvalue weighted by Gasteiger charge is 2.12. The minimum Gasteiger partial charge on any atom is -0.493 e. The zero-order valence-corrected chi connectivity index (χ0v) is 17.8. The van der Waals surface area contributed by atoms with Crippen LogP contribution in [0.15, 0.2) is 48.5 Å². The van der Waals surface area contributed by atoms with Crippen molar-refractivity contribution in [3.63, 3.8) is 0 Å². The molecule has 0 aromatic heterocycles. The third-order valence-corrected chi connectivity index (χ3v) is 4.94. The van der Waals surface area contributed by atoms with Gasteiger partial charge in [0.05, 0.1) is 6.61 Å². The monoisotopic (exact) mass is 385 g/mol. The molecular formula is C24H32ClNO. The van der Waals surface area contributed by atoms with E-state index in [1.807, 2.05) is 0 Å². The van der Waals surface area contributed by atoms with Crippen LogP contribution in [0.25, 0.3) is 6.08 Å². The molecule has 1 heterocycles. The first-order valence-corrected chi connectivity index (χ1v) is 9.62. The Labute approximate surface area is 170 Å². The summed E-state index contributed by atoms with van der Waals surface area (Å²) in [5, 5.41) is 0. The molecule has 3 rings (SSSR count). The van der Waals surface area contributed by atoms with Gasteiger partial charge in [0.2, 0.25) is 0 Å². The van der Waals surface area contributed by atoms with E-state index < -0.39 is 0 Å². The van der Waals surface area contributed by atoms with Gasteiger partial charge in [0.25, 0.3) is 0 Å². The van der Waals surface area contributed by atoms with E-state index in [0.29, 0.717) is 0 Å². The lowest BCUT2D eigenvalue weighted by molar-refractivity contribution is 0.287. The fraction of sp³-hybridized carbons (Fsp3) is 0.417. The zero-order valence-electron chi connectivity index (χ0n) is 17.0. The quantitative estimate of drug-likeness (QED) is 0.637. The fourth-order valence-electron chi connectivity index (χ4n) is 3.32. The average molecular weight is 386 g/mol. The Morgan fingerprint density at radius 3 is 2.52 bits per heavy atom. The molecule has 2 aromatic rings. The lowest BCUT2D eigenvalue weighted by Crippen LogP contribution is -2.18. The maximum Gasteiger partial charge on any atom is 0.122 e. The van der Waals surface area contributed by atoms with E-state index in [1.165, 1.54) is 22.3 Å². The molecule has 0 fully saturated rings. The van der Waals surface area contributed by atoms with E-state index in [9.17, 15) is 0 Å². The van der Waals surface area contributed by atoms with Gasteiger partial charge in [-0.2, -0.15) is 0 Å². The van der Waals surface area contributed by atoms with Crippen LogP contribution in [-0.2, 0) is 18.4 Å². The van der Waals surface area contributed by atoms with Crippen molar-refractivity contribution in [1.29, 1.82) is 0 Å². The Balaban J connectivity index is 0.00000261. The van der Waals surface area contributed by atoms with E-state index in [-0.39, 0.29) is 17.8 Å². The Morgan fingerprint density at radius 1 is 1.07 bits per heavy atom. The number of benzene rings is 2. The third kappa shape index (κ3) is 6.12. The number of likely N-dealkylation sites (N-methyl/N-ethyl adjacent to an activating group) is 1. The highest BCUT2D eigenvalue weighted by molar-refractivity contribution is 5.85. The van der Waals surface area contributed by atoms with Crippen molar-refractivity contribution in [2.75, 3.05) is 20.2 Å². The van der Waals surface area contributed by atoms with Gasteiger partial charge in [-0.05, 0) is 53.6 Å². The second kappa shape index (κ2) is 9.43. The summed E-state index contributed by atoms with van der Waals surface area (Å²) >= 11 is 0. The molecule has 1 aliphatic heterocycles. The molecule has 2 aromatic carbocycles. The molecule has 0 saturated heterocycles. The molecule has 2 nitrogen and oxygen atoms in total. The SMILES string of the molecule is CN(C/C=C/c1ccc(C(C)(C)C)cc1)Cc1ccc2c(c1)OCCC2.Cl. The second-order valence-electron chi connectivity index (χ2n) is 8.37. The summed E-state index contributed by atoms with van der Waals surface area (Å²) < 4.78 is 5.79. The predicted octanol–water partition coefficient (Wildman–Crippen LogP) is 5.88. The molecule has 0 aliphatic carbocycles. The predicted molar refractivity (Wildman–Crippen MR) is 118 cm³/mol. The van der Waals surface area contributed by atoms with E-state index >= 15 is 0 Å². The number of ether oxygens (including phenoxy) is 1. The van der Waals surface area contributed by atoms with Gasteiger partial charge in [-0.25, -0.2) is 0 Å². The van der Waals surface area contributed by atoms with Gasteiger partial charge in [0.15, 0.2) is 0 Å². The van der Waals surface area contributed by atoms with Gasteiger partial charge in [0, 0.05) is 13.1 Å². The van der Waals surface area contributed by atoms with Crippen LogP contribution in [0.4, 0.5) is 0 Å². The second-order valence-corrected chi connectivity index (χ2v) is 8.37. The lowest BCUT2D eigenvalue weighted by atomic mass is 9.87. The van der Waals surface area contributed by atoms with E-state index in [2.05, 4.69) is 87.3 Å². The van der Waals surface area contributed by atoms with Gasteiger partial charge in [-0.3, -0.25) is 4.90 Å². The van der Waals surface area contributed by atoms with Crippen molar-refractivity contribution in [3.8, 4) is 5.75 Å². The molecule has 0 N–H and O–H groups in total. The van der Waals surface area contributed by atoms with Crippen LogP contribution in [-0.4, -0.2) is 25.1 Å². The molecule has 1 aliphatic rings. The molecule has 0 bridgehead atoms. The summed E-state index contributed by atoms with van der Waals surface area (Å²) in [5.74, 6) is 1.08. The zero-order chi connectivity index (χ0) is 18.6. The summed E-state index contributed by atoms with van der Waals surface area (Å²) in [6.07, 6.45) is 6.72. The number of halogens is 1. The number of aryl methyl sites for hydroxylation is 1. The normalized spacial score (nSPS) is 14.0. The average Bonchev–Trinajstić information content (AvgIpc) is 2.61. The molecule has 3 heteroatoms. The van der Waals surface area contributed by atoms with Crippen LogP contribution < -0.4 is 4.74 Å². The van der Waals surface area contributed by atoms with Crippen molar-refractivity contribution in [2.45, 2.75) is 45.6 Å². The number of hydrogen-bond donors (Lipinski definition) is 0. The van der Waals surface area contributed by atoms with Crippen LogP contribution in [0.5, 0.6) is 5.75 Å². The van der Waals surface area contributed by atoms with E-state index in [1.54, 1.807) is 0 Å². The van der Waals surface area contributed by atoms with Crippen molar-refractivity contribution in [1.82, 2.24) is 4.90 Å². The molecule has 0 unspecified atom stereocenters. The van der Waals surface area contributed by atoms with E-state index in [4.69, 9.17) is 4.74 Å². The minimum atomic E-state index is 0. The first kappa shape index (κ1) is 21.5. The smallest absolute Gasteiger partial charge is 0.122 e. The Hall–Kier alpha value is -1.77. The molecule has 0 amide bonds. The summed E-state index contributed by atoms with van der Waals surface area (Å²) in [5.41, 5.74) is 5.51. The molecule has 27 heavy (non-hydrogen) atoms. The molecule has 0 atom stereocenters. The van der Waals surface area contributed by atoms with Crippen LogP contribution >= 0.6 is 12.4 Å². The largest absolute Gasteiger partial charge is 0.493 e. The number of rotatable bonds is 5. The standard InChI is InChI=1S/C24H31NO.ClH/c1-24(2,3)22-13-10-19(11-14-22)7-5-15-25(4)18-20-9-12-21-8-6-16-26-23(21)17-20;/h5,7,9-14,17H,6,8,15-16,18H2,1-4H3;1H/b7-5+;. The first-order valence-electron chi connectivity index (χ1n) is 9.62. The van der Waals surface area contributed by atoms with Crippen LogP contribution in [0.2, 0.25) is 0 Å². The van der Waals surface area contributed by atoms with E-state index in [0.717, 1.165) is 38.3 Å². The van der Waals surface area contributed by atoms with Crippen LogP contribution in [0, 0.1) is 0 Å². The summed E-state index contributed by atoms with van der Waals surface area (Å²) in [4.78, 5) is 2.32. The number of nitrogens with zero attached hydrogens (tertiary/aromatic N) is 1. The molecule has 0 spiro atoms. The topological polar surface area (TPSA) is 12.5 Å². The van der Waals surface area contributed by atoms with Gasteiger partial charge in [0.1, 0.15) is 5.75 Å². The minimum absolute atomic E-state index is 0. The highest BCUT2D eigenvalue weighted by Crippen LogP contribution is 2.26. The Morgan fingerprint density at radius 2 is 1.81 bits per heavy atom. The molecule has 146 valence electrons. The lowest BCUT2D eigenvalue weighted by Gasteiger charge is -2.20. The molecular weight excluding hydrogens is 354 g/mol. The maximum absolute atomic E-state index is 5.79. The number of hydrogen-bond acceptors (Lipinski definition) is 2. The van der Waals surface area contributed by atoms with Crippen molar-refractivity contribution in [2.24, 2.45) is 0 Å². The van der Waals surface area contributed by atoms with Gasteiger partial charge >= 0.3 is 0 Å². The Bertz CT molecular complexity index is 759. The highest BCUT2D eigenvalue weighted by atomic mass is 35.5. The molecule has 0 saturated carbocycles. The maximum atomic E-state index is 5.79. The van der Waals surface area contributed by atoms with Crippen LogP contribution in [0.1, 0.15) is 49.4 Å². The van der Waals surface area contributed by atoms with Gasteiger partial charge in [-0.15, -0.1) is 12.4 Å². The summed E-state index contributed by atoms with van der Waals surface area (Å²) in [6.45, 7) is 9.46. The first-order chi connectivity index (χ1) is 12.4. The van der Waals surface area contributed by atoms with Crippen molar-refractivity contribution >= 4 is 18.5 Å². The van der Waals surface area contributed by atoms with Gasteiger partial charge < -0.3 is 4.74 Å². The fourth-order valence-corrected chi connectivity index (χ4v) is 3.32. The van der Waals surface area contributed by atoms with Crippen molar-refractivity contribution < 1.29 is 4.74 Å². The Kier molecular flexibility index (Phi) is 7.52. The third-order valence-electron chi connectivity index (χ3n) is 4.94. The summed E-state index contributed by atoms with van der Waals surface area (Å²) in [7, 11) is 2.16.